The second-order valence-electron chi connectivity index (χ2n) is 4.02. The van der Waals surface area contributed by atoms with Crippen LogP contribution in [0.2, 0.25) is 5.02 Å². The maximum absolute atomic E-state index is 13.0. The minimum absolute atomic E-state index is 0.0394. The van der Waals surface area contributed by atoms with Crippen molar-refractivity contribution in [2.24, 2.45) is 0 Å². The Morgan fingerprint density at radius 3 is 2.53 bits per heavy atom. The second-order valence-corrected chi connectivity index (χ2v) is 4.43. The quantitative estimate of drug-likeness (QED) is 0.905. The maximum Gasteiger partial charge on any atom is 0.228 e. The summed E-state index contributed by atoms with van der Waals surface area (Å²) in [6.45, 7) is 0. The number of carbonyl (C=O) groups is 1. The smallest absolute Gasteiger partial charge is 0.228 e. The van der Waals surface area contributed by atoms with Gasteiger partial charge in [-0.15, -0.1) is 0 Å². The number of phenolic OH excluding ortho intramolecular Hbond substituents is 1. The minimum Gasteiger partial charge on any atom is -0.508 e. The first-order chi connectivity index (χ1) is 9.04. The molecule has 0 saturated heterocycles. The van der Waals surface area contributed by atoms with Gasteiger partial charge in [0.1, 0.15) is 11.6 Å². The predicted molar refractivity (Wildman–Crippen MR) is 71.9 cm³/mol. The van der Waals surface area contributed by atoms with E-state index in [1.807, 2.05) is 0 Å². The van der Waals surface area contributed by atoms with Gasteiger partial charge in [0.2, 0.25) is 5.91 Å². The zero-order valence-electron chi connectivity index (χ0n) is 9.86. The normalized spacial score (nSPS) is 10.2. The van der Waals surface area contributed by atoms with Crippen molar-refractivity contribution in [3.8, 4) is 5.75 Å². The zero-order valence-corrected chi connectivity index (χ0v) is 10.6. The first kappa shape index (κ1) is 13.4. The number of anilines is 1. The summed E-state index contributed by atoms with van der Waals surface area (Å²) in [6.07, 6.45) is 0.162. The molecule has 0 unspecified atom stereocenters. The van der Waals surface area contributed by atoms with Gasteiger partial charge in [0.25, 0.3) is 0 Å². The van der Waals surface area contributed by atoms with Gasteiger partial charge in [0, 0.05) is 5.69 Å². The topological polar surface area (TPSA) is 49.3 Å². The maximum atomic E-state index is 13.0. The molecule has 1 amide bonds. The van der Waals surface area contributed by atoms with E-state index in [2.05, 4.69) is 5.32 Å². The van der Waals surface area contributed by atoms with Crippen LogP contribution in [0.25, 0.3) is 0 Å². The van der Waals surface area contributed by atoms with Crippen molar-refractivity contribution in [3.05, 3.63) is 58.9 Å². The van der Waals surface area contributed by atoms with Crippen molar-refractivity contribution in [1.29, 1.82) is 0 Å². The molecule has 0 aromatic heterocycles. The molecule has 0 heterocycles. The molecule has 0 aliphatic carbocycles. The van der Waals surface area contributed by atoms with E-state index in [1.165, 1.54) is 30.3 Å². The third-order valence-corrected chi connectivity index (χ3v) is 2.79. The lowest BCUT2D eigenvalue weighted by atomic mass is 10.1. The van der Waals surface area contributed by atoms with Crippen molar-refractivity contribution in [1.82, 2.24) is 0 Å². The summed E-state index contributed by atoms with van der Waals surface area (Å²) < 4.78 is 13.0. The van der Waals surface area contributed by atoms with Crippen molar-refractivity contribution >= 4 is 23.2 Å². The van der Waals surface area contributed by atoms with E-state index >= 15 is 0 Å². The monoisotopic (exact) mass is 279 g/mol. The van der Waals surface area contributed by atoms with E-state index in [0.717, 1.165) is 5.56 Å². The van der Waals surface area contributed by atoms with Gasteiger partial charge in [0.15, 0.2) is 0 Å². The van der Waals surface area contributed by atoms with Gasteiger partial charge in [-0.25, -0.2) is 4.39 Å². The number of hydrogen-bond donors (Lipinski definition) is 2. The van der Waals surface area contributed by atoms with Gasteiger partial charge < -0.3 is 10.4 Å². The molecule has 0 fully saturated rings. The van der Waals surface area contributed by atoms with E-state index < -0.39 is 5.82 Å². The Hall–Kier alpha value is -2.07. The van der Waals surface area contributed by atoms with Crippen LogP contribution in [0.15, 0.2) is 42.5 Å². The second kappa shape index (κ2) is 5.71. The number of benzene rings is 2. The number of carbonyl (C=O) groups excluding carboxylic acids is 1. The average Bonchev–Trinajstić information content (AvgIpc) is 2.37. The molecule has 2 rings (SSSR count). The molecule has 19 heavy (non-hydrogen) atoms. The summed E-state index contributed by atoms with van der Waals surface area (Å²) in [6, 6.07) is 10.3. The highest BCUT2D eigenvalue weighted by Gasteiger charge is 2.06. The van der Waals surface area contributed by atoms with Crippen LogP contribution in [0.3, 0.4) is 0 Å². The van der Waals surface area contributed by atoms with Crippen LogP contribution in [-0.4, -0.2) is 11.0 Å². The molecule has 2 aromatic rings. The fraction of sp³-hybridized carbons (Fsp3) is 0.0714. The van der Waals surface area contributed by atoms with E-state index in [-0.39, 0.29) is 23.1 Å². The van der Waals surface area contributed by atoms with Crippen LogP contribution < -0.4 is 5.32 Å². The van der Waals surface area contributed by atoms with Gasteiger partial charge in [-0.1, -0.05) is 23.7 Å². The molecular formula is C14H11ClFNO2. The number of phenols is 1. The summed E-state index contributed by atoms with van der Waals surface area (Å²) in [5.74, 6) is -0.624. The number of hydrogen-bond acceptors (Lipinski definition) is 2. The summed E-state index contributed by atoms with van der Waals surface area (Å²) in [4.78, 5) is 11.8. The standard InChI is InChI=1S/C14H11ClFNO2/c15-12-8-10(3-6-13(12)16)17-14(19)7-9-1-4-11(18)5-2-9/h1-6,8,18H,7H2,(H,17,19). The Kier molecular flexibility index (Phi) is 4.02. The lowest BCUT2D eigenvalue weighted by Gasteiger charge is -2.06. The highest BCUT2D eigenvalue weighted by molar-refractivity contribution is 6.31. The molecule has 0 atom stereocenters. The van der Waals surface area contributed by atoms with Crippen LogP contribution in [0.1, 0.15) is 5.56 Å². The molecule has 0 radical (unpaired) electrons. The highest BCUT2D eigenvalue weighted by atomic mass is 35.5. The number of nitrogens with one attached hydrogen (secondary N) is 1. The molecule has 0 saturated carbocycles. The molecule has 0 bridgehead atoms. The lowest BCUT2D eigenvalue weighted by molar-refractivity contribution is -0.115. The summed E-state index contributed by atoms with van der Waals surface area (Å²) in [7, 11) is 0. The van der Waals surface area contributed by atoms with E-state index in [0.29, 0.717) is 5.69 Å². The van der Waals surface area contributed by atoms with Crippen molar-refractivity contribution in [3.63, 3.8) is 0 Å². The van der Waals surface area contributed by atoms with Crippen molar-refractivity contribution in [2.75, 3.05) is 5.32 Å². The van der Waals surface area contributed by atoms with Gasteiger partial charge in [-0.05, 0) is 35.9 Å². The average molecular weight is 280 g/mol. The summed E-state index contributed by atoms with van der Waals surface area (Å²) in [5, 5.41) is 11.7. The number of aromatic hydroxyl groups is 1. The van der Waals surface area contributed by atoms with Crippen LogP contribution in [0, 0.1) is 5.82 Å². The Morgan fingerprint density at radius 1 is 1.21 bits per heavy atom. The number of halogens is 2. The SMILES string of the molecule is O=C(Cc1ccc(O)cc1)Nc1ccc(F)c(Cl)c1. The van der Waals surface area contributed by atoms with Crippen LogP contribution in [0.5, 0.6) is 5.75 Å². The molecule has 2 aromatic carbocycles. The lowest BCUT2D eigenvalue weighted by Crippen LogP contribution is -2.14. The molecule has 3 nitrogen and oxygen atoms in total. The van der Waals surface area contributed by atoms with Crippen LogP contribution in [0.4, 0.5) is 10.1 Å². The van der Waals surface area contributed by atoms with E-state index in [9.17, 15) is 9.18 Å². The van der Waals surface area contributed by atoms with Crippen molar-refractivity contribution in [2.45, 2.75) is 6.42 Å². The molecule has 5 heteroatoms. The zero-order chi connectivity index (χ0) is 13.8. The fourth-order valence-electron chi connectivity index (χ4n) is 1.58. The first-order valence-electron chi connectivity index (χ1n) is 5.57. The van der Waals surface area contributed by atoms with Gasteiger partial charge in [0.05, 0.1) is 11.4 Å². The third-order valence-electron chi connectivity index (χ3n) is 2.50. The number of amides is 1. The molecule has 0 aliphatic rings. The molecule has 0 aliphatic heterocycles. The number of rotatable bonds is 3. The Morgan fingerprint density at radius 2 is 1.89 bits per heavy atom. The van der Waals surface area contributed by atoms with Crippen molar-refractivity contribution < 1.29 is 14.3 Å². The minimum atomic E-state index is -0.529. The van der Waals surface area contributed by atoms with Gasteiger partial charge >= 0.3 is 0 Å². The van der Waals surface area contributed by atoms with E-state index in [4.69, 9.17) is 16.7 Å². The molecule has 98 valence electrons. The summed E-state index contributed by atoms with van der Waals surface area (Å²) >= 11 is 5.62. The first-order valence-corrected chi connectivity index (χ1v) is 5.95. The fourth-order valence-corrected chi connectivity index (χ4v) is 1.76. The van der Waals surface area contributed by atoms with Gasteiger partial charge in [-0.3, -0.25) is 4.79 Å². The Bertz CT molecular complexity index is 599. The Balaban J connectivity index is 2.01. The van der Waals surface area contributed by atoms with Gasteiger partial charge in [-0.2, -0.15) is 0 Å². The molecular weight excluding hydrogens is 269 g/mol. The highest BCUT2D eigenvalue weighted by Crippen LogP contribution is 2.19. The van der Waals surface area contributed by atoms with Crippen LogP contribution in [-0.2, 0) is 11.2 Å². The molecule has 2 N–H and O–H groups in total. The largest absolute Gasteiger partial charge is 0.508 e. The van der Waals surface area contributed by atoms with Crippen LogP contribution >= 0.6 is 11.6 Å². The molecule has 0 spiro atoms. The third kappa shape index (κ3) is 3.69. The predicted octanol–water partition coefficient (Wildman–Crippen LogP) is 3.37. The summed E-state index contributed by atoms with van der Waals surface area (Å²) in [5.41, 5.74) is 1.21. The van der Waals surface area contributed by atoms with E-state index in [1.54, 1.807) is 12.1 Å². The Labute approximate surface area is 114 Å².